The van der Waals surface area contributed by atoms with Crippen molar-refractivity contribution in [3.05, 3.63) is 81.0 Å². The van der Waals surface area contributed by atoms with E-state index < -0.39 is 11.4 Å². The van der Waals surface area contributed by atoms with Crippen LogP contribution in [-0.2, 0) is 0 Å². The van der Waals surface area contributed by atoms with Gasteiger partial charge in [0.15, 0.2) is 0 Å². The van der Waals surface area contributed by atoms with Gasteiger partial charge >= 0.3 is 0 Å². The topological polar surface area (TPSA) is 117 Å². The number of nitrogens with zero attached hydrogens (tertiary/aromatic N) is 7. The first-order valence-electron chi connectivity index (χ1n) is 14.3. The van der Waals surface area contributed by atoms with E-state index in [1.165, 1.54) is 23.0 Å². The molecule has 43 heavy (non-hydrogen) atoms. The van der Waals surface area contributed by atoms with Gasteiger partial charge in [-0.2, -0.15) is 5.26 Å². The van der Waals surface area contributed by atoms with E-state index in [1.54, 1.807) is 12.1 Å². The summed E-state index contributed by atoms with van der Waals surface area (Å²) in [7, 11) is 0. The zero-order valence-electron chi connectivity index (χ0n) is 24.9. The van der Waals surface area contributed by atoms with Gasteiger partial charge in [0, 0.05) is 37.3 Å². The van der Waals surface area contributed by atoms with E-state index in [4.69, 9.17) is 22.3 Å². The van der Waals surface area contributed by atoms with Crippen molar-refractivity contribution in [2.45, 2.75) is 46.5 Å². The number of benzene rings is 1. The molecular formula is C32H34ClFN8O. The summed E-state index contributed by atoms with van der Waals surface area (Å²) in [6, 6.07) is 8.21. The third kappa shape index (κ3) is 5.30. The number of anilines is 2. The number of halogens is 2. The molecule has 1 fully saturated rings. The van der Waals surface area contributed by atoms with Crippen molar-refractivity contribution in [2.75, 3.05) is 36.8 Å². The maximum absolute atomic E-state index is 15.2. The number of fused-ring (bicyclic) bond motifs is 1. The summed E-state index contributed by atoms with van der Waals surface area (Å²) in [5, 5.41) is 11.1. The molecule has 2 N–H and O–H groups in total. The van der Waals surface area contributed by atoms with E-state index >= 15 is 4.39 Å². The molecule has 0 bridgehead atoms. The lowest BCUT2D eigenvalue weighted by atomic mass is 10.00. The predicted molar refractivity (Wildman–Crippen MR) is 169 cm³/mol. The van der Waals surface area contributed by atoms with Crippen LogP contribution in [0.1, 0.15) is 63.4 Å². The molecule has 1 aliphatic heterocycles. The standard InChI is InChI=1S/C32H34ClFN8O/c1-6-10-40-11-13-41(14-12-40)29-20-15-22(33)28(25-23(34)8-7-9-24(25)36)39-31(20)42(32(43)21(29)16-35)30-26(18(2)3)37-17-38-27(30)19(4)5/h6-10,15,17-19H,11-14,36H2,1-5H3. The van der Waals surface area contributed by atoms with E-state index in [0.29, 0.717) is 54.3 Å². The molecule has 0 saturated carbocycles. The molecule has 3 aromatic heterocycles. The van der Waals surface area contributed by atoms with Crippen LogP contribution in [-0.4, -0.2) is 50.6 Å². The van der Waals surface area contributed by atoms with Gasteiger partial charge in [0.25, 0.3) is 5.56 Å². The molecule has 11 heteroatoms. The van der Waals surface area contributed by atoms with Gasteiger partial charge in [0.1, 0.15) is 29.4 Å². The number of piperazine rings is 1. The van der Waals surface area contributed by atoms with Crippen LogP contribution in [0.5, 0.6) is 0 Å². The van der Waals surface area contributed by atoms with E-state index in [1.807, 2.05) is 51.8 Å². The summed E-state index contributed by atoms with van der Waals surface area (Å²) >= 11 is 6.84. The summed E-state index contributed by atoms with van der Waals surface area (Å²) in [5.41, 5.74) is 8.31. The zero-order valence-corrected chi connectivity index (χ0v) is 25.7. The van der Waals surface area contributed by atoms with Crippen molar-refractivity contribution in [1.29, 1.82) is 5.26 Å². The maximum Gasteiger partial charge on any atom is 0.276 e. The summed E-state index contributed by atoms with van der Waals surface area (Å²) in [5.74, 6) is -0.766. The molecule has 222 valence electrons. The Morgan fingerprint density at radius 2 is 1.72 bits per heavy atom. The smallest absolute Gasteiger partial charge is 0.276 e. The molecule has 1 aromatic carbocycles. The van der Waals surface area contributed by atoms with Crippen LogP contribution in [0.3, 0.4) is 0 Å². The van der Waals surface area contributed by atoms with Crippen molar-refractivity contribution in [2.24, 2.45) is 0 Å². The Kier molecular flexibility index (Phi) is 8.38. The number of nitriles is 1. The van der Waals surface area contributed by atoms with Gasteiger partial charge in [0.2, 0.25) is 0 Å². The minimum atomic E-state index is -0.592. The fraction of sp³-hybridized carbons (Fsp3) is 0.344. The van der Waals surface area contributed by atoms with E-state index in [0.717, 1.165) is 0 Å². The van der Waals surface area contributed by atoms with Gasteiger partial charge < -0.3 is 15.5 Å². The van der Waals surface area contributed by atoms with Crippen LogP contribution in [0.4, 0.5) is 15.8 Å². The number of nitrogen functional groups attached to an aromatic ring is 1. The zero-order chi connectivity index (χ0) is 31.0. The number of aromatic nitrogens is 4. The fourth-order valence-corrected chi connectivity index (χ4v) is 5.90. The van der Waals surface area contributed by atoms with Crippen molar-refractivity contribution in [1.82, 2.24) is 24.4 Å². The first kappa shape index (κ1) is 30.0. The normalized spacial score (nSPS) is 14.0. The highest BCUT2D eigenvalue weighted by Gasteiger charge is 2.30. The largest absolute Gasteiger partial charge is 0.398 e. The Morgan fingerprint density at radius 3 is 2.28 bits per heavy atom. The SMILES string of the molecule is CC=CN1CCN(c2c(C#N)c(=O)n(-c3c(C(C)C)ncnc3C(C)C)c3nc(-c4c(N)cccc4F)c(Cl)cc23)CC1. The van der Waals surface area contributed by atoms with E-state index in [-0.39, 0.29) is 45.0 Å². The molecule has 0 spiro atoms. The predicted octanol–water partition coefficient (Wildman–Crippen LogP) is 5.99. The lowest BCUT2D eigenvalue weighted by Crippen LogP contribution is -2.45. The fourth-order valence-electron chi connectivity index (χ4n) is 5.66. The average Bonchev–Trinajstić information content (AvgIpc) is 2.97. The molecule has 0 aliphatic carbocycles. The van der Waals surface area contributed by atoms with Crippen LogP contribution >= 0.6 is 11.6 Å². The summed E-state index contributed by atoms with van der Waals surface area (Å²) in [6.07, 6.45) is 5.49. The first-order chi connectivity index (χ1) is 20.6. The summed E-state index contributed by atoms with van der Waals surface area (Å²) < 4.78 is 16.6. The highest BCUT2D eigenvalue weighted by Crippen LogP contribution is 2.39. The summed E-state index contributed by atoms with van der Waals surface area (Å²) in [6.45, 7) is 12.4. The van der Waals surface area contributed by atoms with Gasteiger partial charge in [-0.1, -0.05) is 51.4 Å². The lowest BCUT2D eigenvalue weighted by molar-refractivity contribution is 0.349. The van der Waals surface area contributed by atoms with Crippen molar-refractivity contribution in [3.63, 3.8) is 0 Å². The second-order valence-corrected chi connectivity index (χ2v) is 11.6. The minimum Gasteiger partial charge on any atom is -0.398 e. The molecular weight excluding hydrogens is 567 g/mol. The van der Waals surface area contributed by atoms with Crippen LogP contribution < -0.4 is 16.2 Å². The molecule has 1 saturated heterocycles. The van der Waals surface area contributed by atoms with Crippen LogP contribution in [0, 0.1) is 17.1 Å². The molecule has 0 amide bonds. The quantitative estimate of drug-likeness (QED) is 0.268. The van der Waals surface area contributed by atoms with Crippen LogP contribution in [0.15, 0.2) is 47.7 Å². The number of rotatable bonds is 6. The van der Waals surface area contributed by atoms with Crippen LogP contribution in [0.25, 0.3) is 28.0 Å². The monoisotopic (exact) mass is 600 g/mol. The molecule has 0 radical (unpaired) electrons. The molecule has 4 aromatic rings. The van der Waals surface area contributed by atoms with Crippen molar-refractivity contribution < 1.29 is 4.39 Å². The van der Waals surface area contributed by atoms with Crippen molar-refractivity contribution in [3.8, 4) is 23.0 Å². The van der Waals surface area contributed by atoms with Gasteiger partial charge in [-0.15, -0.1) is 0 Å². The second-order valence-electron chi connectivity index (χ2n) is 11.2. The Bertz CT molecular complexity index is 1790. The van der Waals surface area contributed by atoms with Gasteiger partial charge in [-0.05, 0) is 43.2 Å². The second kappa shape index (κ2) is 12.0. The lowest BCUT2D eigenvalue weighted by Gasteiger charge is -2.36. The van der Waals surface area contributed by atoms with Gasteiger partial charge in [0.05, 0.1) is 39.0 Å². The Balaban J connectivity index is 1.94. The van der Waals surface area contributed by atoms with Crippen LogP contribution in [0.2, 0.25) is 5.02 Å². The number of nitrogens with two attached hydrogens (primary N) is 1. The number of hydrogen-bond acceptors (Lipinski definition) is 8. The van der Waals surface area contributed by atoms with E-state index in [2.05, 4.69) is 20.9 Å². The highest BCUT2D eigenvalue weighted by molar-refractivity contribution is 6.34. The highest BCUT2D eigenvalue weighted by atomic mass is 35.5. The third-order valence-corrected chi connectivity index (χ3v) is 7.95. The van der Waals surface area contributed by atoms with E-state index in [9.17, 15) is 10.1 Å². The Morgan fingerprint density at radius 1 is 1.07 bits per heavy atom. The number of hydrogen-bond donors (Lipinski definition) is 1. The molecule has 4 heterocycles. The molecule has 5 rings (SSSR count). The maximum atomic E-state index is 15.2. The first-order valence-corrected chi connectivity index (χ1v) is 14.7. The van der Waals surface area contributed by atoms with Gasteiger partial charge in [-0.3, -0.25) is 9.36 Å². The number of pyridine rings is 2. The average molecular weight is 601 g/mol. The molecule has 1 aliphatic rings. The minimum absolute atomic E-state index is 0.0312. The molecule has 0 unspecified atom stereocenters. The Labute approximate surface area is 255 Å². The third-order valence-electron chi connectivity index (χ3n) is 7.66. The molecule has 0 atom stereocenters. The summed E-state index contributed by atoms with van der Waals surface area (Å²) in [4.78, 5) is 32.7. The number of allylic oxidation sites excluding steroid dienone is 1. The Hall–Kier alpha value is -4.49. The van der Waals surface area contributed by atoms with Gasteiger partial charge in [-0.25, -0.2) is 19.3 Å². The van der Waals surface area contributed by atoms with Crippen molar-refractivity contribution >= 4 is 34.0 Å². The molecule has 9 nitrogen and oxygen atoms in total.